The molecular weight excluding hydrogens is 360 g/mol. The maximum Gasteiger partial charge on any atom is 0.345 e. The molecule has 0 aromatic carbocycles. The monoisotopic (exact) mass is 383 g/mol. The molecule has 142 valence electrons. The molecule has 26 heavy (non-hydrogen) atoms. The van der Waals surface area contributed by atoms with Gasteiger partial charge < -0.3 is 14.6 Å². The Hall–Kier alpha value is -1.45. The van der Waals surface area contributed by atoms with Gasteiger partial charge in [0.15, 0.2) is 0 Å². The fourth-order valence-electron chi connectivity index (χ4n) is 3.75. The van der Waals surface area contributed by atoms with Crippen LogP contribution in [-0.2, 0) is 4.74 Å². The molecule has 6 nitrogen and oxygen atoms in total. The van der Waals surface area contributed by atoms with Crippen molar-refractivity contribution in [2.24, 2.45) is 5.92 Å². The molecule has 3 heterocycles. The van der Waals surface area contributed by atoms with Gasteiger partial charge in [-0.05, 0) is 31.2 Å². The molecule has 1 atom stereocenters. The molecular formula is C17H23F2N5OS. The summed E-state index contributed by atoms with van der Waals surface area (Å²) in [6, 6.07) is 2.50. The van der Waals surface area contributed by atoms with Gasteiger partial charge in [0.2, 0.25) is 0 Å². The van der Waals surface area contributed by atoms with E-state index in [4.69, 9.17) is 0 Å². The number of H-pyrrole nitrogens is 1. The molecule has 9 heteroatoms. The van der Waals surface area contributed by atoms with Crippen LogP contribution in [0.3, 0.4) is 0 Å². The van der Waals surface area contributed by atoms with Crippen LogP contribution in [0.2, 0.25) is 0 Å². The van der Waals surface area contributed by atoms with Crippen LogP contribution in [0.25, 0.3) is 11.0 Å². The van der Waals surface area contributed by atoms with E-state index in [0.717, 1.165) is 42.0 Å². The largest absolute Gasteiger partial charge is 0.356 e. The highest BCUT2D eigenvalue weighted by atomic mass is 32.2. The van der Waals surface area contributed by atoms with Crippen molar-refractivity contribution in [3.8, 4) is 0 Å². The molecule has 0 bridgehead atoms. The number of fused-ring (bicyclic) bond motifs is 1. The lowest BCUT2D eigenvalue weighted by atomic mass is 9.81. The molecule has 1 aliphatic heterocycles. The number of aromatic amines is 1. The van der Waals surface area contributed by atoms with Gasteiger partial charge in [-0.25, -0.2) is 14.3 Å². The van der Waals surface area contributed by atoms with Crippen molar-refractivity contribution in [2.45, 2.75) is 38.0 Å². The standard InChI is InChI=1S/C17H23F2N5OS/c1-23(16-14-2-4-20-15(14)21-10-22-16)12-6-11(7-12)9-26-24-5-3-13(8-24)25-17(18)19/h2,4,10-13,17H,3,5-9H2,1H3,(H,20,21,22). The second kappa shape index (κ2) is 7.66. The minimum absolute atomic E-state index is 0.329. The molecule has 1 saturated carbocycles. The number of nitrogens with zero attached hydrogens (tertiary/aromatic N) is 4. The highest BCUT2D eigenvalue weighted by Gasteiger charge is 2.34. The van der Waals surface area contributed by atoms with Crippen molar-refractivity contribution in [1.82, 2.24) is 19.3 Å². The first-order valence-corrected chi connectivity index (χ1v) is 9.87. The number of halogens is 2. The molecule has 1 saturated heterocycles. The third kappa shape index (κ3) is 3.79. The lowest BCUT2D eigenvalue weighted by Crippen LogP contribution is -2.44. The summed E-state index contributed by atoms with van der Waals surface area (Å²) in [5, 5.41) is 1.05. The SMILES string of the molecule is CN(c1ncnc2[nH]ccc12)C1CC(CSN2CCC(OC(F)F)C2)C1. The Labute approximate surface area is 155 Å². The number of nitrogens with one attached hydrogen (secondary N) is 1. The van der Waals surface area contributed by atoms with E-state index in [1.54, 1.807) is 18.3 Å². The number of rotatable bonds is 7. The van der Waals surface area contributed by atoms with Crippen LogP contribution >= 0.6 is 11.9 Å². The van der Waals surface area contributed by atoms with Crippen LogP contribution in [-0.4, -0.2) is 63.9 Å². The van der Waals surface area contributed by atoms with Gasteiger partial charge in [-0.2, -0.15) is 8.78 Å². The van der Waals surface area contributed by atoms with Crippen molar-refractivity contribution in [3.63, 3.8) is 0 Å². The number of hydrogen-bond acceptors (Lipinski definition) is 6. The molecule has 1 unspecified atom stereocenters. The Balaban J connectivity index is 1.23. The number of hydrogen-bond donors (Lipinski definition) is 1. The zero-order valence-electron chi connectivity index (χ0n) is 14.6. The topological polar surface area (TPSA) is 57.3 Å². The van der Waals surface area contributed by atoms with E-state index < -0.39 is 6.61 Å². The summed E-state index contributed by atoms with van der Waals surface area (Å²) in [7, 11) is 2.09. The average Bonchev–Trinajstić information content (AvgIpc) is 3.21. The summed E-state index contributed by atoms with van der Waals surface area (Å²) >= 11 is 1.77. The molecule has 2 aliphatic rings. The van der Waals surface area contributed by atoms with Gasteiger partial charge in [0.1, 0.15) is 17.8 Å². The Morgan fingerprint density at radius 1 is 1.42 bits per heavy atom. The number of ether oxygens (including phenoxy) is 1. The van der Waals surface area contributed by atoms with Crippen LogP contribution in [0.1, 0.15) is 19.3 Å². The molecule has 0 amide bonds. The van der Waals surface area contributed by atoms with Crippen molar-refractivity contribution in [2.75, 3.05) is 30.8 Å². The van der Waals surface area contributed by atoms with E-state index in [1.165, 1.54) is 0 Å². The number of alkyl halides is 2. The maximum atomic E-state index is 12.3. The van der Waals surface area contributed by atoms with E-state index in [2.05, 4.69) is 35.9 Å². The highest BCUT2D eigenvalue weighted by Crippen LogP contribution is 2.37. The minimum atomic E-state index is -2.67. The van der Waals surface area contributed by atoms with Crippen LogP contribution < -0.4 is 4.90 Å². The number of aromatic nitrogens is 3. The average molecular weight is 383 g/mol. The van der Waals surface area contributed by atoms with Gasteiger partial charge in [-0.15, -0.1) is 0 Å². The fourth-order valence-corrected chi connectivity index (χ4v) is 4.95. The van der Waals surface area contributed by atoms with Crippen molar-refractivity contribution in [3.05, 3.63) is 18.6 Å². The highest BCUT2D eigenvalue weighted by molar-refractivity contribution is 7.97. The first-order valence-electron chi connectivity index (χ1n) is 8.92. The molecule has 2 aromatic heterocycles. The summed E-state index contributed by atoms with van der Waals surface area (Å²) < 4.78 is 31.3. The van der Waals surface area contributed by atoms with Crippen molar-refractivity contribution in [1.29, 1.82) is 0 Å². The molecule has 0 radical (unpaired) electrons. The quantitative estimate of drug-likeness (QED) is 0.742. The van der Waals surface area contributed by atoms with Gasteiger partial charge in [0.25, 0.3) is 0 Å². The van der Waals surface area contributed by atoms with E-state index in [9.17, 15) is 8.78 Å². The summed E-state index contributed by atoms with van der Waals surface area (Å²) in [4.78, 5) is 14.1. The third-order valence-corrected chi connectivity index (χ3v) is 6.64. The van der Waals surface area contributed by atoms with Gasteiger partial charge >= 0.3 is 6.61 Å². The second-order valence-electron chi connectivity index (χ2n) is 7.03. The predicted molar refractivity (Wildman–Crippen MR) is 98.3 cm³/mol. The minimum Gasteiger partial charge on any atom is -0.356 e. The van der Waals surface area contributed by atoms with Crippen LogP contribution in [0.15, 0.2) is 18.6 Å². The van der Waals surface area contributed by atoms with Gasteiger partial charge in [0, 0.05) is 38.1 Å². The molecule has 4 rings (SSSR count). The first kappa shape index (κ1) is 17.9. The van der Waals surface area contributed by atoms with E-state index in [0.29, 0.717) is 24.9 Å². The van der Waals surface area contributed by atoms with Gasteiger partial charge in [0.05, 0.1) is 11.5 Å². The Bertz CT molecular complexity index is 739. The van der Waals surface area contributed by atoms with E-state index >= 15 is 0 Å². The van der Waals surface area contributed by atoms with Crippen LogP contribution in [0.4, 0.5) is 14.6 Å². The third-order valence-electron chi connectivity index (χ3n) is 5.32. The molecule has 0 spiro atoms. The normalized spacial score (nSPS) is 26.5. The number of anilines is 1. The van der Waals surface area contributed by atoms with Crippen LogP contribution in [0, 0.1) is 5.92 Å². The fraction of sp³-hybridized carbons (Fsp3) is 0.647. The Morgan fingerprint density at radius 3 is 3.08 bits per heavy atom. The second-order valence-corrected chi connectivity index (χ2v) is 8.14. The summed E-state index contributed by atoms with van der Waals surface area (Å²) in [5.41, 5.74) is 0.864. The molecule has 2 fully saturated rings. The Morgan fingerprint density at radius 2 is 2.27 bits per heavy atom. The Kier molecular flexibility index (Phi) is 5.28. The summed E-state index contributed by atoms with van der Waals surface area (Å²) in [6.07, 6.45) is 6.10. The van der Waals surface area contributed by atoms with E-state index in [1.807, 2.05) is 12.3 Å². The molecule has 1 N–H and O–H groups in total. The van der Waals surface area contributed by atoms with Crippen molar-refractivity contribution >= 4 is 28.8 Å². The van der Waals surface area contributed by atoms with Gasteiger partial charge in [-0.3, -0.25) is 0 Å². The van der Waals surface area contributed by atoms with Crippen molar-refractivity contribution < 1.29 is 13.5 Å². The molecule has 1 aliphatic carbocycles. The summed E-state index contributed by atoms with van der Waals surface area (Å²) in [5.74, 6) is 2.67. The lowest BCUT2D eigenvalue weighted by Gasteiger charge is -2.42. The van der Waals surface area contributed by atoms with E-state index in [-0.39, 0.29) is 6.10 Å². The zero-order valence-corrected chi connectivity index (χ0v) is 15.5. The lowest BCUT2D eigenvalue weighted by molar-refractivity contribution is -0.157. The van der Waals surface area contributed by atoms with Gasteiger partial charge in [-0.1, -0.05) is 11.9 Å². The predicted octanol–water partition coefficient (Wildman–Crippen LogP) is 3.13. The first-order chi connectivity index (χ1) is 12.6. The summed E-state index contributed by atoms with van der Waals surface area (Å²) in [6.45, 7) is -1.25. The smallest absolute Gasteiger partial charge is 0.345 e. The van der Waals surface area contributed by atoms with Crippen LogP contribution in [0.5, 0.6) is 0 Å². The zero-order chi connectivity index (χ0) is 18.1. The molecule has 2 aromatic rings. The maximum absolute atomic E-state index is 12.3.